The molecule has 1 fully saturated rings. The quantitative estimate of drug-likeness (QED) is 0.326. The maximum absolute atomic E-state index is 14.9. The van der Waals surface area contributed by atoms with Gasteiger partial charge < -0.3 is 10.6 Å². The molecule has 5 rings (SSSR count). The summed E-state index contributed by atoms with van der Waals surface area (Å²) in [7, 11) is 1.69. The Kier molecular flexibility index (Phi) is 8.13. The summed E-state index contributed by atoms with van der Waals surface area (Å²) in [5.74, 6) is -0.959. The Hall–Kier alpha value is -3.42. The predicted octanol–water partition coefficient (Wildman–Crippen LogP) is 4.56. The van der Waals surface area contributed by atoms with Gasteiger partial charge in [-0.3, -0.25) is 19.2 Å². The van der Waals surface area contributed by atoms with Crippen LogP contribution >= 0.6 is 23.4 Å². The molecule has 41 heavy (non-hydrogen) atoms. The number of benzene rings is 2. The number of hydrogen-bond acceptors (Lipinski definition) is 6. The Labute approximate surface area is 241 Å². The van der Waals surface area contributed by atoms with E-state index in [0.717, 1.165) is 17.8 Å². The van der Waals surface area contributed by atoms with E-state index in [1.165, 1.54) is 16.8 Å². The summed E-state index contributed by atoms with van der Waals surface area (Å²) < 4.78 is 57.0. The average molecular weight is 609 g/mol. The van der Waals surface area contributed by atoms with E-state index < -0.39 is 35.8 Å². The number of nitrogens with two attached hydrogens (primary N) is 1. The highest BCUT2D eigenvalue weighted by Crippen LogP contribution is 2.35. The average Bonchev–Trinajstić information content (AvgIpc) is 3.46. The molecule has 1 aromatic heterocycles. The summed E-state index contributed by atoms with van der Waals surface area (Å²) in [5, 5.41) is 5.33. The monoisotopic (exact) mass is 608 g/mol. The van der Waals surface area contributed by atoms with Crippen molar-refractivity contribution in [2.24, 2.45) is 10.7 Å². The van der Waals surface area contributed by atoms with Gasteiger partial charge in [0.05, 0.1) is 41.3 Å². The smallest absolute Gasteiger partial charge is 0.369 e. The minimum atomic E-state index is -4.56. The zero-order chi connectivity index (χ0) is 29.5. The number of hydrogen-bond donors (Lipinski definition) is 1. The van der Waals surface area contributed by atoms with E-state index in [2.05, 4.69) is 10.1 Å². The van der Waals surface area contributed by atoms with E-state index in [0.29, 0.717) is 39.5 Å². The first-order chi connectivity index (χ1) is 19.4. The number of piperidine rings is 1. The molecule has 0 saturated carbocycles. The number of likely N-dealkylation sites (tertiary alicyclic amines) is 1. The fourth-order valence-corrected chi connectivity index (χ4v) is 6.14. The van der Waals surface area contributed by atoms with Gasteiger partial charge >= 0.3 is 6.18 Å². The lowest BCUT2D eigenvalue weighted by Crippen LogP contribution is -2.53. The lowest BCUT2D eigenvalue weighted by molar-refractivity contribution is -0.138. The maximum atomic E-state index is 14.9. The number of primary amides is 1. The molecule has 2 amide bonds. The number of halogens is 5. The molecule has 2 aliphatic heterocycles. The Morgan fingerprint density at radius 1 is 1.27 bits per heavy atom. The molecule has 0 aliphatic carbocycles. The number of fused-ring (bicyclic) bond motifs is 1. The molecule has 8 nitrogen and oxygen atoms in total. The molecule has 2 aliphatic rings. The fraction of sp³-hybridized carbons (Fsp3) is 0.333. The molecular weight excluding hydrogens is 584 g/mol. The van der Waals surface area contributed by atoms with Crippen molar-refractivity contribution in [2.45, 2.75) is 31.4 Å². The van der Waals surface area contributed by atoms with Gasteiger partial charge in [0, 0.05) is 30.5 Å². The standard InChI is InChI=1S/C27H25ClF4N6O2S/c1-36(22-6-7-37(13-20(22)29)14-24(33)39)26-35-25(40)23(41-26)9-15-2-5-21-17(8-15)11-34-38(21)12-16-3-4-18(28)10-19(16)27(30,31)32/h2-5,8-11,20,22H,6-7,12-14H2,1H3,(H2,33,39)/t20-,22+/m1/s1. The van der Waals surface area contributed by atoms with Gasteiger partial charge in [-0.1, -0.05) is 23.7 Å². The van der Waals surface area contributed by atoms with Gasteiger partial charge in [-0.25, -0.2) is 4.39 Å². The van der Waals surface area contributed by atoms with Crippen LogP contribution in [0.4, 0.5) is 17.6 Å². The third-order valence-electron chi connectivity index (χ3n) is 7.04. The van der Waals surface area contributed by atoms with E-state index in [1.54, 1.807) is 47.3 Å². The summed E-state index contributed by atoms with van der Waals surface area (Å²) >= 11 is 6.93. The van der Waals surface area contributed by atoms with Crippen molar-refractivity contribution in [3.63, 3.8) is 0 Å². The van der Waals surface area contributed by atoms with Crippen molar-refractivity contribution >= 4 is 57.3 Å². The molecule has 0 unspecified atom stereocenters. The Balaban J connectivity index is 1.29. The van der Waals surface area contributed by atoms with Crippen LogP contribution in [0.25, 0.3) is 17.0 Å². The number of carbonyl (C=O) groups is 2. The number of amides is 2. The number of carbonyl (C=O) groups excluding carboxylic acids is 2. The Bertz CT molecular complexity index is 1570. The fourth-order valence-electron chi connectivity index (χ4n) is 5.03. The number of rotatable bonds is 6. The Morgan fingerprint density at radius 2 is 2.05 bits per heavy atom. The first-order valence-corrected chi connectivity index (χ1v) is 13.8. The normalized spacial score (nSPS) is 21.1. The molecule has 2 atom stereocenters. The van der Waals surface area contributed by atoms with E-state index in [4.69, 9.17) is 17.3 Å². The largest absolute Gasteiger partial charge is 0.416 e. The summed E-state index contributed by atoms with van der Waals surface area (Å²) in [6.45, 7) is 0.452. The molecule has 0 spiro atoms. The van der Waals surface area contributed by atoms with Gasteiger partial charge in [0.15, 0.2) is 5.17 Å². The highest BCUT2D eigenvalue weighted by Gasteiger charge is 2.36. The highest BCUT2D eigenvalue weighted by molar-refractivity contribution is 8.18. The van der Waals surface area contributed by atoms with Gasteiger partial charge in [0.1, 0.15) is 6.17 Å². The van der Waals surface area contributed by atoms with Gasteiger partial charge in [0.25, 0.3) is 5.91 Å². The van der Waals surface area contributed by atoms with Crippen LogP contribution in [0.15, 0.2) is 52.5 Å². The van der Waals surface area contributed by atoms with Gasteiger partial charge in [-0.05, 0) is 59.7 Å². The summed E-state index contributed by atoms with van der Waals surface area (Å²) in [4.78, 5) is 31.6. The topological polar surface area (TPSA) is 96.8 Å². The summed E-state index contributed by atoms with van der Waals surface area (Å²) in [6, 6.07) is 8.39. The van der Waals surface area contributed by atoms with Crippen LogP contribution < -0.4 is 5.73 Å². The van der Waals surface area contributed by atoms with Gasteiger partial charge in [-0.15, -0.1) is 0 Å². The van der Waals surface area contributed by atoms with Gasteiger partial charge in [0.2, 0.25) is 5.91 Å². The van der Waals surface area contributed by atoms with Crippen LogP contribution in [0.1, 0.15) is 23.1 Å². The van der Waals surface area contributed by atoms with Crippen LogP contribution in [0.3, 0.4) is 0 Å². The molecular formula is C27H25ClF4N6O2S. The zero-order valence-electron chi connectivity index (χ0n) is 21.7. The number of nitrogens with zero attached hydrogens (tertiary/aromatic N) is 5. The van der Waals surface area contributed by atoms with E-state index in [-0.39, 0.29) is 30.2 Å². The molecule has 14 heteroatoms. The van der Waals surface area contributed by atoms with Crippen molar-refractivity contribution in [1.29, 1.82) is 0 Å². The third-order valence-corrected chi connectivity index (χ3v) is 8.35. The zero-order valence-corrected chi connectivity index (χ0v) is 23.3. The Morgan fingerprint density at radius 3 is 2.76 bits per heavy atom. The number of alkyl halides is 4. The van der Waals surface area contributed by atoms with Crippen molar-refractivity contribution in [2.75, 3.05) is 26.7 Å². The number of aromatic nitrogens is 2. The molecule has 2 N–H and O–H groups in total. The molecule has 0 bridgehead atoms. The second kappa shape index (κ2) is 11.5. The summed E-state index contributed by atoms with van der Waals surface area (Å²) in [5.41, 5.74) is 5.74. The summed E-state index contributed by atoms with van der Waals surface area (Å²) in [6.07, 6.45) is -2.16. The second-order valence-electron chi connectivity index (χ2n) is 9.91. The van der Waals surface area contributed by atoms with Gasteiger partial charge in [-0.2, -0.15) is 23.3 Å². The highest BCUT2D eigenvalue weighted by atomic mass is 35.5. The first-order valence-electron chi connectivity index (χ1n) is 12.6. The molecule has 3 heterocycles. The molecule has 0 radical (unpaired) electrons. The molecule has 216 valence electrons. The van der Waals surface area contributed by atoms with Crippen molar-refractivity contribution < 1.29 is 27.2 Å². The lowest BCUT2D eigenvalue weighted by Gasteiger charge is -2.39. The van der Waals surface area contributed by atoms with Crippen LogP contribution in [-0.4, -0.2) is 75.5 Å². The van der Waals surface area contributed by atoms with Crippen molar-refractivity contribution in [3.05, 3.63) is 69.2 Å². The lowest BCUT2D eigenvalue weighted by atomic mass is 10.0. The van der Waals surface area contributed by atoms with Crippen molar-refractivity contribution in [3.8, 4) is 0 Å². The molecule has 1 saturated heterocycles. The van der Waals surface area contributed by atoms with Crippen LogP contribution in [0.2, 0.25) is 5.02 Å². The van der Waals surface area contributed by atoms with Crippen LogP contribution in [-0.2, 0) is 22.3 Å². The third kappa shape index (κ3) is 6.41. The second-order valence-corrected chi connectivity index (χ2v) is 11.4. The van der Waals surface area contributed by atoms with E-state index >= 15 is 0 Å². The van der Waals surface area contributed by atoms with E-state index in [9.17, 15) is 27.2 Å². The molecule has 2 aromatic carbocycles. The predicted molar refractivity (Wildman–Crippen MR) is 150 cm³/mol. The van der Waals surface area contributed by atoms with Crippen LogP contribution in [0.5, 0.6) is 0 Å². The molecule has 3 aromatic rings. The minimum Gasteiger partial charge on any atom is -0.369 e. The maximum Gasteiger partial charge on any atom is 0.416 e. The first kappa shape index (κ1) is 29.1. The van der Waals surface area contributed by atoms with E-state index in [1.807, 2.05) is 0 Å². The minimum absolute atomic E-state index is 0.00293. The SMILES string of the molecule is CN(C1=NC(=O)C(=Cc2ccc3c(cnn3Cc3ccc(Cl)cc3C(F)(F)F)c2)S1)[C@H]1CCN(CC(N)=O)C[C@H]1F. The van der Waals surface area contributed by atoms with Crippen molar-refractivity contribution in [1.82, 2.24) is 19.6 Å². The number of amidine groups is 1. The van der Waals surface area contributed by atoms with Crippen LogP contribution in [0, 0.1) is 0 Å². The number of thioether (sulfide) groups is 1. The number of aliphatic imine (C=N–C) groups is 1.